The summed E-state index contributed by atoms with van der Waals surface area (Å²) in [7, 11) is 0. The molecule has 4 rings (SSSR count). The second kappa shape index (κ2) is 8.22. The maximum Gasteiger partial charge on any atom is 0.169 e. The van der Waals surface area contributed by atoms with Crippen molar-refractivity contribution in [3.63, 3.8) is 0 Å². The maximum atomic E-state index is 15.2. The first-order valence-corrected chi connectivity index (χ1v) is 10.7. The minimum Gasteiger partial charge on any atom is -0.206 e. The summed E-state index contributed by atoms with van der Waals surface area (Å²) in [4.78, 5) is 0. The lowest BCUT2D eigenvalue weighted by Gasteiger charge is -2.28. The van der Waals surface area contributed by atoms with Crippen LogP contribution < -0.4 is 0 Å². The lowest BCUT2D eigenvalue weighted by Crippen LogP contribution is -2.12. The van der Waals surface area contributed by atoms with Crippen molar-refractivity contribution in [2.45, 2.75) is 58.3 Å². The van der Waals surface area contributed by atoms with Gasteiger partial charge in [-0.2, -0.15) is 0 Å². The summed E-state index contributed by atoms with van der Waals surface area (Å²) in [6.45, 7) is 4.01. The van der Waals surface area contributed by atoms with Crippen molar-refractivity contribution < 1.29 is 13.2 Å². The van der Waals surface area contributed by atoms with Gasteiger partial charge in [0.2, 0.25) is 0 Å². The zero-order chi connectivity index (χ0) is 20.5. The van der Waals surface area contributed by atoms with Crippen molar-refractivity contribution in [1.82, 2.24) is 0 Å². The Labute approximate surface area is 170 Å². The van der Waals surface area contributed by atoms with E-state index >= 15 is 4.39 Å². The number of hydrogen-bond acceptors (Lipinski definition) is 0. The summed E-state index contributed by atoms with van der Waals surface area (Å²) in [5.74, 6) is -1.33. The van der Waals surface area contributed by atoms with Crippen LogP contribution in [-0.4, -0.2) is 0 Å². The summed E-state index contributed by atoms with van der Waals surface area (Å²) in [6, 6.07) is 12.8. The van der Waals surface area contributed by atoms with E-state index in [-0.39, 0.29) is 10.9 Å². The monoisotopic (exact) mass is 396 g/mol. The van der Waals surface area contributed by atoms with Crippen molar-refractivity contribution in [3.05, 3.63) is 71.0 Å². The lowest BCUT2D eigenvalue weighted by molar-refractivity contribution is 0.319. The van der Waals surface area contributed by atoms with Crippen molar-refractivity contribution >= 4 is 10.8 Å². The van der Waals surface area contributed by atoms with Gasteiger partial charge in [-0.05, 0) is 72.1 Å². The Morgan fingerprint density at radius 1 is 0.793 bits per heavy atom. The van der Waals surface area contributed by atoms with E-state index in [9.17, 15) is 8.78 Å². The number of rotatable bonds is 4. The second-order valence-corrected chi connectivity index (χ2v) is 8.29. The fourth-order valence-corrected chi connectivity index (χ4v) is 4.76. The summed E-state index contributed by atoms with van der Waals surface area (Å²) >= 11 is 0. The van der Waals surface area contributed by atoms with Crippen LogP contribution in [0, 0.1) is 23.4 Å². The van der Waals surface area contributed by atoms with Crippen LogP contribution in [0.2, 0.25) is 0 Å². The Morgan fingerprint density at radius 2 is 1.48 bits per heavy atom. The molecule has 0 atom stereocenters. The third-order valence-corrected chi connectivity index (χ3v) is 6.70. The van der Waals surface area contributed by atoms with Gasteiger partial charge in [-0.25, -0.2) is 13.2 Å². The van der Waals surface area contributed by atoms with Crippen LogP contribution in [-0.2, 0) is 6.42 Å². The van der Waals surface area contributed by atoms with Crippen LogP contribution in [0.15, 0.2) is 42.5 Å². The van der Waals surface area contributed by atoms with Crippen LogP contribution >= 0.6 is 0 Å². The average Bonchev–Trinajstić information content (AvgIpc) is 2.76. The predicted octanol–water partition coefficient (Wildman–Crippen LogP) is 8.17. The molecule has 0 nitrogen and oxygen atoms in total. The molecule has 1 aliphatic carbocycles. The number of halogens is 3. The van der Waals surface area contributed by atoms with Gasteiger partial charge in [0.05, 0.1) is 5.39 Å². The van der Waals surface area contributed by atoms with Gasteiger partial charge in [-0.15, -0.1) is 0 Å². The molecule has 0 N–H and O–H groups in total. The summed E-state index contributed by atoms with van der Waals surface area (Å²) in [5.41, 5.74) is 2.55. The molecule has 0 amide bonds. The third-order valence-electron chi connectivity index (χ3n) is 6.70. The normalized spacial score (nSPS) is 19.6. The maximum absolute atomic E-state index is 15.2. The number of aryl methyl sites for hydroxylation is 1. The lowest BCUT2D eigenvalue weighted by atomic mass is 9.77. The molecule has 1 fully saturated rings. The highest BCUT2D eigenvalue weighted by atomic mass is 19.2. The van der Waals surface area contributed by atoms with E-state index in [4.69, 9.17) is 0 Å². The molecule has 0 bridgehead atoms. The zero-order valence-corrected chi connectivity index (χ0v) is 17.1. The topological polar surface area (TPSA) is 0 Å². The first kappa shape index (κ1) is 20.0. The SMILES string of the molecule is CCc1cc2ccc(-c3ccc(C4CCC(CC)CC4)cc3)c(F)c2c(F)c1F. The first-order chi connectivity index (χ1) is 14.0. The molecule has 3 heteroatoms. The smallest absolute Gasteiger partial charge is 0.169 e. The predicted molar refractivity (Wildman–Crippen MR) is 114 cm³/mol. The van der Waals surface area contributed by atoms with Gasteiger partial charge in [0, 0.05) is 5.56 Å². The van der Waals surface area contributed by atoms with Crippen LogP contribution in [0.5, 0.6) is 0 Å². The van der Waals surface area contributed by atoms with E-state index in [0.29, 0.717) is 28.9 Å². The molecule has 0 saturated heterocycles. The molecule has 152 valence electrons. The number of fused-ring (bicyclic) bond motifs is 1. The zero-order valence-electron chi connectivity index (χ0n) is 17.1. The molecule has 0 aromatic heterocycles. The quantitative estimate of drug-likeness (QED) is 0.417. The summed E-state index contributed by atoms with van der Waals surface area (Å²) in [6.07, 6.45) is 6.56. The van der Waals surface area contributed by atoms with E-state index in [1.807, 2.05) is 12.1 Å². The minimum absolute atomic E-state index is 0.265. The van der Waals surface area contributed by atoms with Gasteiger partial charge >= 0.3 is 0 Å². The highest BCUT2D eigenvalue weighted by molar-refractivity contribution is 5.89. The van der Waals surface area contributed by atoms with Crippen molar-refractivity contribution in [3.8, 4) is 11.1 Å². The van der Waals surface area contributed by atoms with Gasteiger partial charge in [-0.1, -0.05) is 56.7 Å². The van der Waals surface area contributed by atoms with E-state index in [2.05, 4.69) is 19.1 Å². The Kier molecular flexibility index (Phi) is 5.67. The van der Waals surface area contributed by atoms with Gasteiger partial charge in [-0.3, -0.25) is 0 Å². The molecule has 3 aromatic carbocycles. The first-order valence-electron chi connectivity index (χ1n) is 10.7. The fraction of sp³-hybridized carbons (Fsp3) is 0.385. The minimum atomic E-state index is -1.09. The molecular formula is C26H27F3. The molecule has 0 spiro atoms. The third kappa shape index (κ3) is 3.68. The van der Waals surface area contributed by atoms with E-state index in [1.165, 1.54) is 43.7 Å². The van der Waals surface area contributed by atoms with Crippen LogP contribution in [0.25, 0.3) is 21.9 Å². The highest BCUT2D eigenvalue weighted by Crippen LogP contribution is 2.38. The second-order valence-electron chi connectivity index (χ2n) is 8.29. The largest absolute Gasteiger partial charge is 0.206 e. The molecule has 1 aliphatic rings. The highest BCUT2D eigenvalue weighted by Gasteiger charge is 2.22. The Balaban J connectivity index is 1.66. The summed E-state index contributed by atoms with van der Waals surface area (Å²) in [5, 5.41) is 0.130. The van der Waals surface area contributed by atoms with Crippen LogP contribution in [0.4, 0.5) is 13.2 Å². The molecular weight excluding hydrogens is 369 g/mol. The Morgan fingerprint density at radius 3 is 2.10 bits per heavy atom. The van der Waals surface area contributed by atoms with Gasteiger partial charge in [0.1, 0.15) is 5.82 Å². The van der Waals surface area contributed by atoms with Crippen molar-refractivity contribution in [1.29, 1.82) is 0 Å². The molecule has 0 unspecified atom stereocenters. The van der Waals surface area contributed by atoms with E-state index in [1.54, 1.807) is 19.1 Å². The molecule has 0 aliphatic heterocycles. The van der Waals surface area contributed by atoms with Crippen LogP contribution in [0.3, 0.4) is 0 Å². The Bertz CT molecular complexity index is 1010. The van der Waals surface area contributed by atoms with Gasteiger partial charge in [0.15, 0.2) is 11.6 Å². The fourth-order valence-electron chi connectivity index (χ4n) is 4.76. The molecule has 29 heavy (non-hydrogen) atoms. The molecule has 1 saturated carbocycles. The van der Waals surface area contributed by atoms with E-state index < -0.39 is 17.5 Å². The van der Waals surface area contributed by atoms with Crippen LogP contribution in [0.1, 0.15) is 63.0 Å². The van der Waals surface area contributed by atoms with Crippen molar-refractivity contribution in [2.24, 2.45) is 5.92 Å². The van der Waals surface area contributed by atoms with E-state index in [0.717, 1.165) is 5.92 Å². The van der Waals surface area contributed by atoms with Crippen molar-refractivity contribution in [2.75, 3.05) is 0 Å². The standard InChI is InChI=1S/C26H27F3/c1-3-16-5-7-18(8-6-16)19-9-11-20(12-10-19)22-14-13-21-15-17(4-2)24(27)26(29)23(21)25(22)28/h9-16,18H,3-8H2,1-2H3. The van der Waals surface area contributed by atoms with Gasteiger partial charge in [0.25, 0.3) is 0 Å². The number of benzene rings is 3. The average molecular weight is 396 g/mol. The molecule has 3 aromatic rings. The van der Waals surface area contributed by atoms with Gasteiger partial charge < -0.3 is 0 Å². The molecule has 0 radical (unpaired) electrons. The molecule has 0 heterocycles. The number of hydrogen-bond donors (Lipinski definition) is 0. The Hall–Kier alpha value is -2.29. The summed E-state index contributed by atoms with van der Waals surface area (Å²) < 4.78 is 43.9.